The average molecular weight is 348 g/mol. The van der Waals surface area contributed by atoms with Crippen LogP contribution in [0, 0.1) is 0 Å². The van der Waals surface area contributed by atoms with E-state index in [9.17, 15) is 9.59 Å². The molecule has 0 bridgehead atoms. The van der Waals surface area contributed by atoms with Crippen LogP contribution in [-0.4, -0.2) is 60.8 Å². The minimum absolute atomic E-state index is 0.111. The lowest BCUT2D eigenvalue weighted by Gasteiger charge is -2.39. The lowest BCUT2D eigenvalue weighted by molar-refractivity contribution is -0.133. The highest BCUT2D eigenvalue weighted by Crippen LogP contribution is 2.21. The summed E-state index contributed by atoms with van der Waals surface area (Å²) in [5, 5.41) is 2.97. The second-order valence-electron chi connectivity index (χ2n) is 4.60. The molecule has 0 saturated carbocycles. The van der Waals surface area contributed by atoms with Crippen molar-refractivity contribution >= 4 is 28.1 Å². The molecular weight excluding hydrogens is 326 g/mol. The lowest BCUT2D eigenvalue weighted by Crippen LogP contribution is -2.51. The summed E-state index contributed by atoms with van der Waals surface area (Å²) in [5.41, 5.74) is 0. The maximum absolute atomic E-state index is 12.0. The van der Waals surface area contributed by atoms with Gasteiger partial charge in [-0.2, -0.15) is 0 Å². The van der Waals surface area contributed by atoms with Crippen LogP contribution in [0.15, 0.2) is 12.0 Å². The first-order valence-electron chi connectivity index (χ1n) is 6.66. The first-order chi connectivity index (χ1) is 9.65. The maximum atomic E-state index is 12.0. The van der Waals surface area contributed by atoms with Gasteiger partial charge < -0.3 is 19.7 Å². The van der Waals surface area contributed by atoms with Crippen molar-refractivity contribution in [2.45, 2.75) is 24.2 Å². The van der Waals surface area contributed by atoms with Crippen LogP contribution in [0.1, 0.15) is 19.3 Å². The van der Waals surface area contributed by atoms with Crippen molar-refractivity contribution in [1.82, 2.24) is 15.1 Å². The molecule has 0 aromatic rings. The summed E-state index contributed by atoms with van der Waals surface area (Å²) >= 11 is 3.23. The molecule has 20 heavy (non-hydrogen) atoms. The molecule has 2 aliphatic rings. The quantitative estimate of drug-likeness (QED) is 0.466. The SMILES string of the molecule is COC.O=CCN1C(=O)C(Br)NC=C1N1CCCCC1. The van der Waals surface area contributed by atoms with Gasteiger partial charge in [0.15, 0.2) is 4.95 Å². The number of hydrogen-bond donors (Lipinski definition) is 1. The van der Waals surface area contributed by atoms with E-state index in [2.05, 4.69) is 30.9 Å². The zero-order chi connectivity index (χ0) is 15.0. The number of carbonyl (C=O) groups is 2. The number of hydrogen-bond acceptors (Lipinski definition) is 5. The standard InChI is InChI=1S/C11H16BrN3O2.C2H6O/c12-10-11(17)15(6-7-16)9(8-13-10)14-4-2-1-3-5-14;1-3-2/h7-8,10,13H,1-6H2;1-2H3. The van der Waals surface area contributed by atoms with Gasteiger partial charge >= 0.3 is 0 Å². The van der Waals surface area contributed by atoms with Crippen molar-refractivity contribution in [2.24, 2.45) is 0 Å². The zero-order valence-corrected chi connectivity index (χ0v) is 13.6. The van der Waals surface area contributed by atoms with Crippen LogP contribution in [0.2, 0.25) is 0 Å². The van der Waals surface area contributed by atoms with Crippen molar-refractivity contribution in [3.8, 4) is 0 Å². The van der Waals surface area contributed by atoms with Gasteiger partial charge in [0.1, 0.15) is 12.1 Å². The van der Waals surface area contributed by atoms with Crippen molar-refractivity contribution in [3.63, 3.8) is 0 Å². The van der Waals surface area contributed by atoms with Crippen molar-refractivity contribution in [1.29, 1.82) is 0 Å². The Balaban J connectivity index is 0.000000612. The Morgan fingerprint density at radius 3 is 2.55 bits per heavy atom. The molecule has 1 saturated heterocycles. The van der Waals surface area contributed by atoms with Crippen LogP contribution in [0.25, 0.3) is 0 Å². The van der Waals surface area contributed by atoms with Gasteiger partial charge in [-0.1, -0.05) is 15.9 Å². The van der Waals surface area contributed by atoms with E-state index in [0.717, 1.165) is 38.0 Å². The molecule has 0 aliphatic carbocycles. The number of methoxy groups -OCH3 is 1. The van der Waals surface area contributed by atoms with Gasteiger partial charge in [-0.3, -0.25) is 9.69 Å². The third kappa shape index (κ3) is 4.49. The Hall–Kier alpha value is -1.08. The minimum atomic E-state index is -0.434. The van der Waals surface area contributed by atoms with E-state index in [1.54, 1.807) is 14.2 Å². The Morgan fingerprint density at radius 2 is 2.00 bits per heavy atom. The third-order valence-corrected chi connectivity index (χ3v) is 3.71. The first-order valence-corrected chi connectivity index (χ1v) is 7.57. The molecule has 6 nitrogen and oxygen atoms in total. The van der Waals surface area contributed by atoms with E-state index < -0.39 is 4.95 Å². The topological polar surface area (TPSA) is 61.9 Å². The number of rotatable bonds is 3. The van der Waals surface area contributed by atoms with Crippen LogP contribution in [-0.2, 0) is 14.3 Å². The Kier molecular flexibility index (Phi) is 7.61. The van der Waals surface area contributed by atoms with Gasteiger partial charge in [0.2, 0.25) is 0 Å². The lowest BCUT2D eigenvalue weighted by atomic mass is 10.1. The van der Waals surface area contributed by atoms with E-state index in [-0.39, 0.29) is 12.5 Å². The van der Waals surface area contributed by atoms with Gasteiger partial charge in [-0.15, -0.1) is 0 Å². The Labute approximate surface area is 128 Å². The number of nitrogens with zero attached hydrogens (tertiary/aromatic N) is 2. The number of ether oxygens (including phenoxy) is 1. The third-order valence-electron chi connectivity index (χ3n) is 3.06. The molecule has 0 aromatic heterocycles. The van der Waals surface area contributed by atoms with Gasteiger partial charge in [-0.25, -0.2) is 0 Å². The average Bonchev–Trinajstić information content (AvgIpc) is 2.46. The molecule has 0 aromatic carbocycles. The van der Waals surface area contributed by atoms with E-state index in [0.29, 0.717) is 0 Å². The predicted molar refractivity (Wildman–Crippen MR) is 80.1 cm³/mol. The van der Waals surface area contributed by atoms with Crippen molar-refractivity contribution in [3.05, 3.63) is 12.0 Å². The molecule has 2 rings (SSSR count). The molecule has 1 amide bonds. The number of piperidine rings is 1. The molecule has 2 aliphatic heterocycles. The second-order valence-corrected chi connectivity index (χ2v) is 5.52. The number of aldehydes is 1. The second kappa shape index (κ2) is 8.97. The number of likely N-dealkylation sites (tertiary alicyclic amines) is 1. The number of nitrogens with one attached hydrogen (secondary N) is 1. The molecular formula is C13H22BrN3O3. The molecule has 1 N–H and O–H groups in total. The highest BCUT2D eigenvalue weighted by Gasteiger charge is 2.31. The largest absolute Gasteiger partial charge is 0.388 e. The Bertz CT molecular complexity index is 357. The first kappa shape index (κ1) is 17.0. The van der Waals surface area contributed by atoms with Crippen LogP contribution < -0.4 is 5.32 Å². The number of halogens is 1. The maximum Gasteiger partial charge on any atom is 0.262 e. The molecule has 0 radical (unpaired) electrons. The summed E-state index contributed by atoms with van der Waals surface area (Å²) in [7, 11) is 3.25. The van der Waals surface area contributed by atoms with Crippen LogP contribution in [0.4, 0.5) is 0 Å². The Morgan fingerprint density at radius 1 is 1.40 bits per heavy atom. The monoisotopic (exact) mass is 347 g/mol. The smallest absolute Gasteiger partial charge is 0.262 e. The molecule has 1 atom stereocenters. The predicted octanol–water partition coefficient (Wildman–Crippen LogP) is 0.886. The number of amides is 1. The van der Waals surface area contributed by atoms with Crippen molar-refractivity contribution in [2.75, 3.05) is 33.9 Å². The minimum Gasteiger partial charge on any atom is -0.388 e. The van der Waals surface area contributed by atoms with Crippen LogP contribution in [0.3, 0.4) is 0 Å². The van der Waals surface area contributed by atoms with Crippen molar-refractivity contribution < 1.29 is 14.3 Å². The van der Waals surface area contributed by atoms with E-state index >= 15 is 0 Å². The van der Waals surface area contributed by atoms with Gasteiger partial charge in [0.25, 0.3) is 5.91 Å². The van der Waals surface area contributed by atoms with Gasteiger partial charge in [-0.05, 0) is 19.3 Å². The zero-order valence-electron chi connectivity index (χ0n) is 12.0. The fraction of sp³-hybridized carbons (Fsp3) is 0.692. The molecule has 7 heteroatoms. The molecule has 1 fully saturated rings. The summed E-state index contributed by atoms with van der Waals surface area (Å²) in [6.07, 6.45) is 6.09. The van der Waals surface area contributed by atoms with Gasteiger partial charge in [0.05, 0.1) is 6.54 Å². The molecule has 2 heterocycles. The summed E-state index contributed by atoms with van der Waals surface area (Å²) in [6.45, 7) is 2.01. The normalized spacial score (nSPS) is 22.4. The summed E-state index contributed by atoms with van der Waals surface area (Å²) < 4.78 is 4.25. The highest BCUT2D eigenvalue weighted by molar-refractivity contribution is 9.10. The van der Waals surface area contributed by atoms with Gasteiger partial charge in [0, 0.05) is 33.5 Å². The van der Waals surface area contributed by atoms with E-state index in [1.807, 2.05) is 6.20 Å². The number of alkyl halides is 1. The van der Waals surface area contributed by atoms with E-state index in [1.165, 1.54) is 11.3 Å². The molecule has 0 spiro atoms. The van der Waals surface area contributed by atoms with E-state index in [4.69, 9.17) is 0 Å². The fourth-order valence-corrected chi connectivity index (χ4v) is 2.57. The summed E-state index contributed by atoms with van der Waals surface area (Å²) in [5.74, 6) is 0.706. The highest BCUT2D eigenvalue weighted by atomic mass is 79.9. The number of carbonyl (C=O) groups excluding carboxylic acids is 2. The summed E-state index contributed by atoms with van der Waals surface area (Å²) in [4.78, 5) is 25.9. The fourth-order valence-electron chi connectivity index (χ4n) is 2.19. The summed E-state index contributed by atoms with van der Waals surface area (Å²) in [6, 6.07) is 0. The van der Waals surface area contributed by atoms with Crippen LogP contribution >= 0.6 is 15.9 Å². The molecule has 114 valence electrons. The van der Waals surface area contributed by atoms with Crippen LogP contribution in [0.5, 0.6) is 0 Å². The molecule has 1 unspecified atom stereocenters.